The highest BCUT2D eigenvalue weighted by Crippen LogP contribution is 2.17. The third-order valence-corrected chi connectivity index (χ3v) is 2.07. The van der Waals surface area contributed by atoms with Crippen LogP contribution >= 0.6 is 0 Å². The zero-order valence-electron chi connectivity index (χ0n) is 9.94. The van der Waals surface area contributed by atoms with Gasteiger partial charge in [0.2, 0.25) is 0 Å². The molecule has 0 aromatic heterocycles. The van der Waals surface area contributed by atoms with E-state index in [0.717, 1.165) is 6.92 Å². The van der Waals surface area contributed by atoms with Crippen LogP contribution in [0.15, 0.2) is 30.3 Å². The lowest BCUT2D eigenvalue weighted by molar-refractivity contribution is -0.207. The average Bonchev–Trinajstić information content (AvgIpc) is 2.35. The Hall–Kier alpha value is -2.05. The van der Waals surface area contributed by atoms with Gasteiger partial charge in [-0.05, 0) is 12.5 Å². The maximum Gasteiger partial charge on any atom is 0.490 e. The van der Waals surface area contributed by atoms with Crippen LogP contribution in [-0.2, 0) is 25.7 Å². The first-order valence-electron chi connectivity index (χ1n) is 5.29. The second-order valence-corrected chi connectivity index (χ2v) is 3.64. The fourth-order valence-corrected chi connectivity index (χ4v) is 1.12. The molecule has 0 saturated heterocycles. The van der Waals surface area contributed by atoms with Gasteiger partial charge in [-0.3, -0.25) is 0 Å². The van der Waals surface area contributed by atoms with Crippen molar-refractivity contribution in [3.05, 3.63) is 35.9 Å². The molecule has 0 unspecified atom stereocenters. The number of rotatable bonds is 4. The van der Waals surface area contributed by atoms with E-state index in [9.17, 15) is 22.8 Å². The van der Waals surface area contributed by atoms with E-state index in [0.29, 0.717) is 5.56 Å². The van der Waals surface area contributed by atoms with Crippen molar-refractivity contribution in [3.63, 3.8) is 0 Å². The first kappa shape index (κ1) is 15.0. The van der Waals surface area contributed by atoms with Crippen LogP contribution in [0.2, 0.25) is 0 Å². The number of ether oxygens (including phenoxy) is 2. The zero-order chi connectivity index (χ0) is 14.5. The van der Waals surface area contributed by atoms with Gasteiger partial charge in [-0.1, -0.05) is 30.3 Å². The number of alkyl halides is 3. The van der Waals surface area contributed by atoms with Gasteiger partial charge < -0.3 is 9.47 Å². The molecule has 1 aromatic carbocycles. The molecular weight excluding hydrogens is 265 g/mol. The Bertz CT molecular complexity index is 442. The molecule has 1 aromatic rings. The van der Waals surface area contributed by atoms with Crippen molar-refractivity contribution in [2.45, 2.75) is 25.8 Å². The van der Waals surface area contributed by atoms with Crippen molar-refractivity contribution in [1.82, 2.24) is 0 Å². The van der Waals surface area contributed by atoms with Gasteiger partial charge in [0.25, 0.3) is 0 Å². The lowest BCUT2D eigenvalue weighted by atomic mass is 10.2. The highest BCUT2D eigenvalue weighted by Gasteiger charge is 2.42. The van der Waals surface area contributed by atoms with Crippen LogP contribution < -0.4 is 0 Å². The van der Waals surface area contributed by atoms with Crippen molar-refractivity contribution in [1.29, 1.82) is 0 Å². The summed E-state index contributed by atoms with van der Waals surface area (Å²) in [6.45, 7) is 0.907. The van der Waals surface area contributed by atoms with Crippen molar-refractivity contribution in [2.75, 3.05) is 0 Å². The summed E-state index contributed by atoms with van der Waals surface area (Å²) in [4.78, 5) is 21.8. The van der Waals surface area contributed by atoms with E-state index in [1.807, 2.05) is 0 Å². The fourth-order valence-electron chi connectivity index (χ4n) is 1.12. The Morgan fingerprint density at radius 1 is 1.21 bits per heavy atom. The van der Waals surface area contributed by atoms with Crippen molar-refractivity contribution >= 4 is 11.9 Å². The van der Waals surface area contributed by atoms with Crippen LogP contribution in [0.5, 0.6) is 0 Å². The lowest BCUT2D eigenvalue weighted by Crippen LogP contribution is -2.33. The van der Waals surface area contributed by atoms with Crippen LogP contribution in [0.25, 0.3) is 0 Å². The van der Waals surface area contributed by atoms with Crippen LogP contribution in [0.3, 0.4) is 0 Å². The average molecular weight is 276 g/mol. The standard InChI is InChI=1S/C12H11F3O4/c1-8(19-11(17)12(13,14)15)10(16)18-7-9-5-3-2-4-6-9/h2-6,8H,7H2,1H3/t8-/m1/s1. The molecule has 0 saturated carbocycles. The Morgan fingerprint density at radius 2 is 1.79 bits per heavy atom. The molecule has 0 bridgehead atoms. The zero-order valence-corrected chi connectivity index (χ0v) is 9.94. The van der Waals surface area contributed by atoms with Gasteiger partial charge in [-0.2, -0.15) is 13.2 Å². The van der Waals surface area contributed by atoms with Gasteiger partial charge in [0, 0.05) is 0 Å². The number of carbonyl (C=O) groups excluding carboxylic acids is 2. The van der Waals surface area contributed by atoms with Crippen LogP contribution in [0.1, 0.15) is 12.5 Å². The quantitative estimate of drug-likeness (QED) is 0.791. The third kappa shape index (κ3) is 4.99. The minimum atomic E-state index is -5.13. The topological polar surface area (TPSA) is 52.6 Å². The molecule has 7 heteroatoms. The molecular formula is C12H11F3O4. The van der Waals surface area contributed by atoms with Gasteiger partial charge in [-0.15, -0.1) is 0 Å². The van der Waals surface area contributed by atoms with Gasteiger partial charge in [0.05, 0.1) is 0 Å². The Balaban J connectivity index is 2.43. The number of hydrogen-bond donors (Lipinski definition) is 0. The Morgan fingerprint density at radius 3 is 2.32 bits per heavy atom. The van der Waals surface area contributed by atoms with Crippen LogP contribution in [0, 0.1) is 0 Å². The smallest absolute Gasteiger partial charge is 0.458 e. The van der Waals surface area contributed by atoms with Crippen LogP contribution in [0.4, 0.5) is 13.2 Å². The number of carbonyl (C=O) groups is 2. The third-order valence-electron chi connectivity index (χ3n) is 2.07. The summed E-state index contributed by atoms with van der Waals surface area (Å²) in [6, 6.07) is 8.56. The van der Waals surface area contributed by atoms with E-state index in [-0.39, 0.29) is 6.61 Å². The first-order valence-corrected chi connectivity index (χ1v) is 5.29. The summed E-state index contributed by atoms with van der Waals surface area (Å²) in [5, 5.41) is 0. The predicted molar refractivity (Wildman–Crippen MR) is 57.8 cm³/mol. The summed E-state index contributed by atoms with van der Waals surface area (Å²) < 4.78 is 44.3. The first-order chi connectivity index (χ1) is 8.80. The molecule has 1 rings (SSSR count). The number of hydrogen-bond acceptors (Lipinski definition) is 4. The van der Waals surface area contributed by atoms with Crippen LogP contribution in [-0.4, -0.2) is 24.2 Å². The van der Waals surface area contributed by atoms with E-state index in [1.54, 1.807) is 30.3 Å². The molecule has 104 valence electrons. The highest BCUT2D eigenvalue weighted by molar-refractivity contribution is 5.81. The maximum absolute atomic E-state index is 11.9. The largest absolute Gasteiger partial charge is 0.490 e. The molecule has 0 N–H and O–H groups in total. The second-order valence-electron chi connectivity index (χ2n) is 3.64. The summed E-state index contributed by atoms with van der Waals surface area (Å²) in [5.41, 5.74) is 0.671. The monoisotopic (exact) mass is 276 g/mol. The number of benzene rings is 1. The molecule has 4 nitrogen and oxygen atoms in total. The maximum atomic E-state index is 11.9. The van der Waals surface area contributed by atoms with Gasteiger partial charge in [0.15, 0.2) is 6.10 Å². The van der Waals surface area contributed by atoms with E-state index in [4.69, 9.17) is 4.74 Å². The Kier molecular flexibility index (Phi) is 4.91. The van der Waals surface area contributed by atoms with Crippen molar-refractivity contribution < 1.29 is 32.2 Å². The highest BCUT2D eigenvalue weighted by atomic mass is 19.4. The van der Waals surface area contributed by atoms with E-state index < -0.39 is 24.2 Å². The fraction of sp³-hybridized carbons (Fsp3) is 0.333. The number of halogens is 3. The van der Waals surface area contributed by atoms with Crippen molar-refractivity contribution in [3.8, 4) is 0 Å². The number of esters is 2. The van der Waals surface area contributed by atoms with E-state index in [1.165, 1.54) is 0 Å². The van der Waals surface area contributed by atoms with E-state index in [2.05, 4.69) is 4.74 Å². The van der Waals surface area contributed by atoms with Gasteiger partial charge in [0.1, 0.15) is 6.61 Å². The summed E-state index contributed by atoms with van der Waals surface area (Å²) in [7, 11) is 0. The molecule has 0 aliphatic rings. The molecule has 0 heterocycles. The molecule has 0 radical (unpaired) electrons. The molecule has 19 heavy (non-hydrogen) atoms. The second kappa shape index (κ2) is 6.21. The summed E-state index contributed by atoms with van der Waals surface area (Å²) in [6.07, 6.45) is -6.74. The SMILES string of the molecule is C[C@@H](OC(=O)C(F)(F)F)C(=O)OCc1ccccc1. The lowest BCUT2D eigenvalue weighted by Gasteiger charge is -2.13. The summed E-state index contributed by atoms with van der Waals surface area (Å²) in [5.74, 6) is -3.46. The molecule has 1 atom stereocenters. The predicted octanol–water partition coefficient (Wildman–Crippen LogP) is 2.22. The van der Waals surface area contributed by atoms with Gasteiger partial charge in [-0.25, -0.2) is 9.59 Å². The molecule has 0 fully saturated rings. The Labute approximate surface area is 107 Å². The molecule has 0 spiro atoms. The molecule has 0 aliphatic heterocycles. The van der Waals surface area contributed by atoms with Gasteiger partial charge >= 0.3 is 18.1 Å². The van der Waals surface area contributed by atoms with Crippen molar-refractivity contribution in [2.24, 2.45) is 0 Å². The minimum Gasteiger partial charge on any atom is -0.458 e. The molecule has 0 aliphatic carbocycles. The van der Waals surface area contributed by atoms with E-state index >= 15 is 0 Å². The minimum absolute atomic E-state index is 0.104. The summed E-state index contributed by atoms with van der Waals surface area (Å²) >= 11 is 0. The molecule has 0 amide bonds. The normalized spacial score (nSPS) is 12.6.